The van der Waals surface area contributed by atoms with Crippen molar-refractivity contribution in [3.63, 3.8) is 0 Å². The zero-order valence-corrected chi connectivity index (χ0v) is 13.2. The number of hydrogen-bond acceptors (Lipinski definition) is 5. The van der Waals surface area contributed by atoms with Gasteiger partial charge in [-0.05, 0) is 24.6 Å². The van der Waals surface area contributed by atoms with E-state index in [-0.39, 0.29) is 17.3 Å². The van der Waals surface area contributed by atoms with Crippen LogP contribution in [0.1, 0.15) is 12.5 Å². The van der Waals surface area contributed by atoms with Gasteiger partial charge < -0.3 is 10.1 Å². The number of anilines is 1. The first kappa shape index (κ1) is 17.1. The molecule has 0 atom stereocenters. The van der Waals surface area contributed by atoms with Gasteiger partial charge in [0.15, 0.2) is 0 Å². The Morgan fingerprint density at radius 3 is 2.48 bits per heavy atom. The quantitative estimate of drug-likeness (QED) is 0.809. The SMILES string of the molecule is COC(=O)CN(C)S(=O)(=O)c1cc(NC(C)=O)ccc1C. The van der Waals surface area contributed by atoms with Crippen LogP contribution in [0.4, 0.5) is 5.69 Å². The predicted molar refractivity (Wildman–Crippen MR) is 77.3 cm³/mol. The number of carbonyl (C=O) groups is 2. The van der Waals surface area contributed by atoms with E-state index in [1.54, 1.807) is 19.1 Å². The standard InChI is InChI=1S/C13H18N2O5S/c1-9-5-6-11(14-10(2)16)7-12(9)21(18,19)15(3)8-13(17)20-4/h5-7H,8H2,1-4H3,(H,14,16). The molecule has 1 N–H and O–H groups in total. The van der Waals surface area contributed by atoms with Crippen LogP contribution in [0.3, 0.4) is 0 Å². The minimum Gasteiger partial charge on any atom is -0.468 e. The number of sulfonamides is 1. The van der Waals surface area contributed by atoms with Crippen molar-refractivity contribution in [1.29, 1.82) is 0 Å². The van der Waals surface area contributed by atoms with Gasteiger partial charge in [0.05, 0.1) is 12.0 Å². The molecule has 7 nitrogen and oxygen atoms in total. The molecule has 116 valence electrons. The van der Waals surface area contributed by atoms with Gasteiger partial charge in [0.25, 0.3) is 0 Å². The minimum absolute atomic E-state index is 0.0279. The normalized spacial score (nSPS) is 11.3. The zero-order chi connectivity index (χ0) is 16.2. The highest BCUT2D eigenvalue weighted by Gasteiger charge is 2.25. The summed E-state index contributed by atoms with van der Waals surface area (Å²) in [5.41, 5.74) is 0.888. The summed E-state index contributed by atoms with van der Waals surface area (Å²) in [4.78, 5) is 22.3. The van der Waals surface area contributed by atoms with Crippen molar-refractivity contribution in [2.24, 2.45) is 0 Å². The van der Waals surface area contributed by atoms with Crippen molar-refractivity contribution in [3.8, 4) is 0 Å². The van der Waals surface area contributed by atoms with Gasteiger partial charge in [0, 0.05) is 19.7 Å². The summed E-state index contributed by atoms with van der Waals surface area (Å²) in [5, 5.41) is 2.52. The highest BCUT2D eigenvalue weighted by atomic mass is 32.2. The lowest BCUT2D eigenvalue weighted by Gasteiger charge is -2.18. The molecule has 1 rings (SSSR count). The summed E-state index contributed by atoms with van der Waals surface area (Å²) < 4.78 is 30.3. The fourth-order valence-corrected chi connectivity index (χ4v) is 3.02. The minimum atomic E-state index is -3.85. The topological polar surface area (TPSA) is 92.8 Å². The van der Waals surface area contributed by atoms with Crippen molar-refractivity contribution in [3.05, 3.63) is 23.8 Å². The number of nitrogens with zero attached hydrogens (tertiary/aromatic N) is 1. The Hall–Kier alpha value is -1.93. The van der Waals surface area contributed by atoms with Gasteiger partial charge >= 0.3 is 5.97 Å². The maximum absolute atomic E-state index is 12.4. The molecule has 0 aliphatic heterocycles. The third-order valence-electron chi connectivity index (χ3n) is 2.78. The van der Waals surface area contributed by atoms with Gasteiger partial charge in [-0.1, -0.05) is 6.07 Å². The highest BCUT2D eigenvalue weighted by Crippen LogP contribution is 2.23. The predicted octanol–water partition coefficient (Wildman–Crippen LogP) is 0.747. The third-order valence-corrected chi connectivity index (χ3v) is 4.72. The molecule has 0 heterocycles. The molecule has 0 saturated carbocycles. The molecule has 21 heavy (non-hydrogen) atoms. The van der Waals surface area contributed by atoms with Crippen molar-refractivity contribution < 1.29 is 22.7 Å². The van der Waals surface area contributed by atoms with Crippen LogP contribution in [0.25, 0.3) is 0 Å². The lowest BCUT2D eigenvalue weighted by Crippen LogP contribution is -2.33. The van der Waals surface area contributed by atoms with E-state index in [4.69, 9.17) is 0 Å². The summed E-state index contributed by atoms with van der Waals surface area (Å²) in [5.74, 6) is -0.957. The third kappa shape index (κ3) is 4.27. The molecular weight excluding hydrogens is 296 g/mol. The van der Waals surface area contributed by atoms with E-state index in [0.29, 0.717) is 11.3 Å². The van der Waals surface area contributed by atoms with Gasteiger partial charge in [-0.15, -0.1) is 0 Å². The van der Waals surface area contributed by atoms with Gasteiger partial charge in [0.2, 0.25) is 15.9 Å². The second kappa shape index (κ2) is 6.68. The second-order valence-corrected chi connectivity index (χ2v) is 6.51. The number of hydrogen-bond donors (Lipinski definition) is 1. The van der Waals surface area contributed by atoms with E-state index in [0.717, 1.165) is 4.31 Å². The lowest BCUT2D eigenvalue weighted by atomic mass is 10.2. The Morgan fingerprint density at radius 2 is 1.95 bits per heavy atom. The highest BCUT2D eigenvalue weighted by molar-refractivity contribution is 7.89. The smallest absolute Gasteiger partial charge is 0.321 e. The Kier molecular flexibility index (Phi) is 5.45. The number of benzene rings is 1. The first-order valence-electron chi connectivity index (χ1n) is 6.10. The fourth-order valence-electron chi connectivity index (χ4n) is 1.66. The van der Waals surface area contributed by atoms with Crippen molar-refractivity contribution in [2.45, 2.75) is 18.7 Å². The van der Waals surface area contributed by atoms with E-state index in [2.05, 4.69) is 10.1 Å². The number of aryl methyl sites for hydroxylation is 1. The largest absolute Gasteiger partial charge is 0.468 e. The first-order chi connectivity index (χ1) is 9.68. The average Bonchev–Trinajstić information content (AvgIpc) is 2.39. The summed E-state index contributed by atoms with van der Waals surface area (Å²) in [6.07, 6.45) is 0. The first-order valence-corrected chi connectivity index (χ1v) is 7.54. The Morgan fingerprint density at radius 1 is 1.33 bits per heavy atom. The number of nitrogens with one attached hydrogen (secondary N) is 1. The maximum Gasteiger partial charge on any atom is 0.321 e. The number of esters is 1. The molecule has 0 aromatic heterocycles. The van der Waals surface area contributed by atoms with Crippen LogP contribution in [-0.4, -0.2) is 45.3 Å². The molecule has 0 aliphatic rings. The molecule has 1 aromatic carbocycles. The number of likely N-dealkylation sites (N-methyl/N-ethyl adjacent to an activating group) is 1. The molecular formula is C13H18N2O5S. The van der Waals surface area contributed by atoms with E-state index in [1.165, 1.54) is 27.1 Å². The Labute approximate surface area is 123 Å². The molecule has 0 aliphatic carbocycles. The lowest BCUT2D eigenvalue weighted by molar-refractivity contribution is -0.140. The van der Waals surface area contributed by atoms with Crippen molar-refractivity contribution >= 4 is 27.6 Å². The summed E-state index contributed by atoms with van der Waals surface area (Å²) in [6.45, 7) is 2.58. The number of carbonyl (C=O) groups excluding carboxylic acids is 2. The summed E-state index contributed by atoms with van der Waals surface area (Å²) in [7, 11) is -1.38. The van der Waals surface area contributed by atoms with Crippen LogP contribution >= 0.6 is 0 Å². The van der Waals surface area contributed by atoms with Crippen molar-refractivity contribution in [2.75, 3.05) is 26.0 Å². The van der Waals surface area contributed by atoms with E-state index >= 15 is 0 Å². The van der Waals surface area contributed by atoms with Crippen LogP contribution in [0.2, 0.25) is 0 Å². The molecule has 0 saturated heterocycles. The fraction of sp³-hybridized carbons (Fsp3) is 0.385. The average molecular weight is 314 g/mol. The molecule has 0 unspecified atom stereocenters. The van der Waals surface area contributed by atoms with Crippen LogP contribution in [0, 0.1) is 6.92 Å². The van der Waals surface area contributed by atoms with Gasteiger partial charge in [0.1, 0.15) is 6.54 Å². The monoisotopic (exact) mass is 314 g/mol. The van der Waals surface area contributed by atoms with Crippen LogP contribution in [0.5, 0.6) is 0 Å². The van der Waals surface area contributed by atoms with Crippen LogP contribution in [-0.2, 0) is 24.3 Å². The second-order valence-electron chi connectivity index (χ2n) is 4.50. The summed E-state index contributed by atoms with van der Waals surface area (Å²) >= 11 is 0. The Bertz CT molecular complexity index is 655. The van der Waals surface area contributed by atoms with E-state index < -0.39 is 16.0 Å². The molecule has 1 aromatic rings. The van der Waals surface area contributed by atoms with Crippen molar-refractivity contribution in [1.82, 2.24) is 4.31 Å². The molecule has 0 fully saturated rings. The number of methoxy groups -OCH3 is 1. The number of ether oxygens (including phenoxy) is 1. The molecule has 0 bridgehead atoms. The van der Waals surface area contributed by atoms with Gasteiger partial charge in [-0.25, -0.2) is 8.42 Å². The van der Waals surface area contributed by atoms with Gasteiger partial charge in [-0.2, -0.15) is 4.31 Å². The number of amides is 1. The summed E-state index contributed by atoms with van der Waals surface area (Å²) in [6, 6.07) is 4.56. The molecule has 0 radical (unpaired) electrons. The van der Waals surface area contributed by atoms with Crippen LogP contribution < -0.4 is 5.32 Å². The Balaban J connectivity index is 3.17. The maximum atomic E-state index is 12.4. The zero-order valence-electron chi connectivity index (χ0n) is 12.3. The van der Waals surface area contributed by atoms with E-state index in [1.807, 2.05) is 0 Å². The van der Waals surface area contributed by atoms with E-state index in [9.17, 15) is 18.0 Å². The molecule has 1 amide bonds. The molecule has 8 heteroatoms. The van der Waals surface area contributed by atoms with Gasteiger partial charge in [-0.3, -0.25) is 9.59 Å². The van der Waals surface area contributed by atoms with Crippen LogP contribution in [0.15, 0.2) is 23.1 Å². The number of rotatable bonds is 5. The molecule has 0 spiro atoms.